The van der Waals surface area contributed by atoms with Crippen molar-refractivity contribution in [2.75, 3.05) is 13.1 Å². The normalized spacial score (nSPS) is 22.3. The lowest BCUT2D eigenvalue weighted by atomic mass is 9.80. The van der Waals surface area contributed by atoms with Crippen LogP contribution in [0.5, 0.6) is 0 Å². The third-order valence-electron chi connectivity index (χ3n) is 5.04. The molecule has 1 aromatic heterocycles. The number of carboxylic acid groups (broad SMARTS) is 1. The molecular formula is C18H24FN3O2. The Kier molecular flexibility index (Phi) is 4.85. The summed E-state index contributed by atoms with van der Waals surface area (Å²) in [6.45, 7) is 6.15. The molecule has 0 aliphatic carbocycles. The van der Waals surface area contributed by atoms with E-state index < -0.39 is 5.97 Å². The molecule has 1 saturated heterocycles. The zero-order valence-electron chi connectivity index (χ0n) is 14.1. The number of halogens is 1. The number of aromatic nitrogens is 2. The molecule has 24 heavy (non-hydrogen) atoms. The Balaban J connectivity index is 1.79. The van der Waals surface area contributed by atoms with Gasteiger partial charge in [0.1, 0.15) is 11.6 Å². The van der Waals surface area contributed by atoms with E-state index in [0.29, 0.717) is 18.0 Å². The second kappa shape index (κ2) is 6.89. The van der Waals surface area contributed by atoms with E-state index in [-0.39, 0.29) is 24.1 Å². The van der Waals surface area contributed by atoms with Gasteiger partial charge in [0.15, 0.2) is 0 Å². The van der Waals surface area contributed by atoms with Gasteiger partial charge in [0.2, 0.25) is 0 Å². The Morgan fingerprint density at radius 3 is 2.96 bits per heavy atom. The van der Waals surface area contributed by atoms with E-state index >= 15 is 0 Å². The Morgan fingerprint density at radius 2 is 2.25 bits per heavy atom. The molecule has 130 valence electrons. The van der Waals surface area contributed by atoms with E-state index in [2.05, 4.69) is 28.7 Å². The lowest BCUT2D eigenvalue weighted by Crippen LogP contribution is -2.45. The van der Waals surface area contributed by atoms with Gasteiger partial charge in [0, 0.05) is 25.4 Å². The molecule has 2 heterocycles. The number of carboxylic acids is 1. The first-order valence-corrected chi connectivity index (χ1v) is 8.52. The second-order valence-corrected chi connectivity index (χ2v) is 7.04. The number of aliphatic carboxylic acids is 1. The number of rotatable bonds is 5. The Morgan fingerprint density at radius 1 is 1.46 bits per heavy atom. The number of likely N-dealkylation sites (tertiary alicyclic amines) is 1. The maximum absolute atomic E-state index is 13.3. The van der Waals surface area contributed by atoms with Crippen LogP contribution in [-0.4, -0.2) is 45.1 Å². The average Bonchev–Trinajstić information content (AvgIpc) is 2.89. The average molecular weight is 333 g/mol. The molecule has 0 saturated carbocycles. The Bertz CT molecular complexity index is 728. The van der Waals surface area contributed by atoms with Crippen molar-refractivity contribution in [2.45, 2.75) is 39.2 Å². The molecule has 0 spiro atoms. The summed E-state index contributed by atoms with van der Waals surface area (Å²) in [4.78, 5) is 21.3. The smallest absolute Gasteiger partial charge is 0.303 e. The summed E-state index contributed by atoms with van der Waals surface area (Å²) in [7, 11) is 0. The number of piperidine rings is 1. The standard InChI is InChI=1S/C18H24FN3O2/c1-11(2)22-6-5-12(8-18(23)24)13(10-22)7-17-20-15-4-3-14(19)9-16(15)21-17/h3-4,9,11-13H,5-8,10H2,1-2H3,(H,20,21)(H,23,24)/t12-,13-/m0/s1. The van der Waals surface area contributed by atoms with Crippen molar-refractivity contribution in [3.8, 4) is 0 Å². The van der Waals surface area contributed by atoms with Crippen molar-refractivity contribution in [2.24, 2.45) is 11.8 Å². The minimum Gasteiger partial charge on any atom is -0.481 e. The highest BCUT2D eigenvalue weighted by Crippen LogP contribution is 2.30. The predicted octanol–water partition coefficient (Wildman–Crippen LogP) is 3.07. The lowest BCUT2D eigenvalue weighted by molar-refractivity contribution is -0.139. The molecule has 1 aliphatic rings. The SMILES string of the molecule is CC(C)N1CC[C@@H](CC(=O)O)[C@@H](Cc2nc3ccc(F)cc3[nH]2)C1. The van der Waals surface area contributed by atoms with Crippen molar-refractivity contribution in [1.82, 2.24) is 14.9 Å². The highest BCUT2D eigenvalue weighted by Gasteiger charge is 2.32. The molecule has 1 fully saturated rings. The van der Waals surface area contributed by atoms with Crippen LogP contribution >= 0.6 is 0 Å². The first kappa shape index (κ1) is 16.9. The van der Waals surface area contributed by atoms with Gasteiger partial charge in [-0.1, -0.05) is 0 Å². The van der Waals surface area contributed by atoms with Crippen molar-refractivity contribution >= 4 is 17.0 Å². The van der Waals surface area contributed by atoms with Gasteiger partial charge < -0.3 is 15.0 Å². The summed E-state index contributed by atoms with van der Waals surface area (Å²) >= 11 is 0. The number of aromatic amines is 1. The van der Waals surface area contributed by atoms with Crippen LogP contribution in [0.15, 0.2) is 18.2 Å². The number of carbonyl (C=O) groups is 1. The number of fused-ring (bicyclic) bond motifs is 1. The molecule has 2 N–H and O–H groups in total. The summed E-state index contributed by atoms with van der Waals surface area (Å²) in [5.41, 5.74) is 1.44. The molecule has 2 atom stereocenters. The highest BCUT2D eigenvalue weighted by molar-refractivity contribution is 5.74. The van der Waals surface area contributed by atoms with Gasteiger partial charge in [-0.05, 0) is 56.8 Å². The van der Waals surface area contributed by atoms with E-state index in [4.69, 9.17) is 0 Å². The number of hydrogen-bond donors (Lipinski definition) is 2. The van der Waals surface area contributed by atoms with Gasteiger partial charge in [-0.2, -0.15) is 0 Å². The van der Waals surface area contributed by atoms with Crippen LogP contribution < -0.4 is 0 Å². The quantitative estimate of drug-likeness (QED) is 0.882. The van der Waals surface area contributed by atoms with Crippen molar-refractivity contribution in [1.29, 1.82) is 0 Å². The molecule has 0 amide bonds. The fourth-order valence-electron chi connectivity index (χ4n) is 3.68. The van der Waals surface area contributed by atoms with E-state index in [1.54, 1.807) is 6.07 Å². The van der Waals surface area contributed by atoms with Gasteiger partial charge in [-0.3, -0.25) is 4.79 Å². The molecule has 0 unspecified atom stereocenters. The summed E-state index contributed by atoms with van der Waals surface area (Å²) in [5, 5.41) is 9.19. The van der Waals surface area contributed by atoms with Crippen LogP contribution in [0.3, 0.4) is 0 Å². The molecule has 2 aromatic rings. The molecule has 6 heteroatoms. The van der Waals surface area contributed by atoms with Crippen LogP contribution in [0.2, 0.25) is 0 Å². The van der Waals surface area contributed by atoms with E-state index in [1.807, 2.05) is 0 Å². The lowest BCUT2D eigenvalue weighted by Gasteiger charge is -2.40. The van der Waals surface area contributed by atoms with Gasteiger partial charge in [0.05, 0.1) is 11.0 Å². The van der Waals surface area contributed by atoms with E-state index in [1.165, 1.54) is 12.1 Å². The number of imidazole rings is 1. The summed E-state index contributed by atoms with van der Waals surface area (Å²) in [6.07, 6.45) is 1.78. The fraction of sp³-hybridized carbons (Fsp3) is 0.556. The summed E-state index contributed by atoms with van der Waals surface area (Å²) in [6, 6.07) is 4.96. The fourth-order valence-corrected chi connectivity index (χ4v) is 3.68. The maximum atomic E-state index is 13.3. The van der Waals surface area contributed by atoms with Gasteiger partial charge in [-0.25, -0.2) is 9.37 Å². The molecule has 3 rings (SSSR count). The minimum atomic E-state index is -0.741. The first-order valence-electron chi connectivity index (χ1n) is 8.52. The largest absolute Gasteiger partial charge is 0.481 e. The van der Waals surface area contributed by atoms with Crippen LogP contribution in [0.25, 0.3) is 11.0 Å². The molecule has 0 bridgehead atoms. The Labute approximate surface area is 140 Å². The number of H-pyrrole nitrogens is 1. The summed E-state index contributed by atoms with van der Waals surface area (Å²) in [5.74, 6) is 0.173. The zero-order valence-corrected chi connectivity index (χ0v) is 14.1. The third kappa shape index (κ3) is 3.75. The second-order valence-electron chi connectivity index (χ2n) is 7.04. The summed E-state index contributed by atoms with van der Waals surface area (Å²) < 4.78 is 13.3. The van der Waals surface area contributed by atoms with Gasteiger partial charge >= 0.3 is 5.97 Å². The van der Waals surface area contributed by atoms with Gasteiger partial charge in [0.25, 0.3) is 0 Å². The third-order valence-corrected chi connectivity index (χ3v) is 5.04. The van der Waals surface area contributed by atoms with Crippen molar-refractivity contribution in [3.05, 3.63) is 29.8 Å². The van der Waals surface area contributed by atoms with Crippen LogP contribution in [0, 0.1) is 17.7 Å². The predicted molar refractivity (Wildman–Crippen MR) is 90.3 cm³/mol. The van der Waals surface area contributed by atoms with Crippen molar-refractivity contribution in [3.63, 3.8) is 0 Å². The number of nitrogens with zero attached hydrogens (tertiary/aromatic N) is 2. The number of benzene rings is 1. The zero-order chi connectivity index (χ0) is 17.3. The monoisotopic (exact) mass is 333 g/mol. The number of nitrogens with one attached hydrogen (secondary N) is 1. The topological polar surface area (TPSA) is 69.2 Å². The first-order chi connectivity index (χ1) is 11.4. The number of hydrogen-bond acceptors (Lipinski definition) is 3. The van der Waals surface area contributed by atoms with Crippen LogP contribution in [-0.2, 0) is 11.2 Å². The Hall–Kier alpha value is -1.95. The highest BCUT2D eigenvalue weighted by atomic mass is 19.1. The van der Waals surface area contributed by atoms with Crippen molar-refractivity contribution < 1.29 is 14.3 Å². The van der Waals surface area contributed by atoms with Gasteiger partial charge in [-0.15, -0.1) is 0 Å². The van der Waals surface area contributed by atoms with Crippen LogP contribution in [0.1, 0.15) is 32.5 Å². The molecule has 5 nitrogen and oxygen atoms in total. The minimum absolute atomic E-state index is 0.155. The molecule has 1 aromatic carbocycles. The maximum Gasteiger partial charge on any atom is 0.303 e. The van der Waals surface area contributed by atoms with E-state index in [0.717, 1.165) is 30.9 Å². The molecule has 1 aliphatic heterocycles. The molecule has 0 radical (unpaired) electrons. The van der Waals surface area contributed by atoms with Crippen LogP contribution in [0.4, 0.5) is 4.39 Å². The molecular weight excluding hydrogens is 309 g/mol. The van der Waals surface area contributed by atoms with E-state index in [9.17, 15) is 14.3 Å².